The predicted molar refractivity (Wildman–Crippen MR) is 121 cm³/mol. The number of amides is 1. The van der Waals surface area contributed by atoms with Gasteiger partial charge in [-0.2, -0.15) is 9.78 Å². The number of hydrogen-bond donors (Lipinski definition) is 0. The average Bonchev–Trinajstić information content (AvgIpc) is 2.79. The van der Waals surface area contributed by atoms with Crippen molar-refractivity contribution in [1.29, 1.82) is 0 Å². The van der Waals surface area contributed by atoms with Crippen molar-refractivity contribution in [3.8, 4) is 5.69 Å². The van der Waals surface area contributed by atoms with E-state index in [0.29, 0.717) is 37.0 Å². The molecule has 1 aliphatic rings. The first-order chi connectivity index (χ1) is 15.3. The number of aromatic nitrogens is 3. The van der Waals surface area contributed by atoms with Gasteiger partial charge in [-0.15, -0.1) is 0 Å². The summed E-state index contributed by atoms with van der Waals surface area (Å²) in [5.74, 6) is -0.525. The Morgan fingerprint density at radius 2 is 1.84 bits per heavy atom. The topological polar surface area (TPSA) is 86.4 Å². The van der Waals surface area contributed by atoms with Crippen molar-refractivity contribution in [2.75, 3.05) is 26.3 Å². The highest BCUT2D eigenvalue weighted by molar-refractivity contribution is 6.31. The van der Waals surface area contributed by atoms with Crippen LogP contribution >= 0.6 is 11.6 Å². The second-order valence-corrected chi connectivity index (χ2v) is 8.17. The van der Waals surface area contributed by atoms with Gasteiger partial charge in [0.2, 0.25) is 5.69 Å². The Morgan fingerprint density at radius 1 is 1.09 bits per heavy atom. The highest BCUT2D eigenvalue weighted by Gasteiger charge is 2.26. The van der Waals surface area contributed by atoms with Crippen LogP contribution in [0.4, 0.5) is 0 Å². The van der Waals surface area contributed by atoms with Crippen LogP contribution in [0.1, 0.15) is 27.2 Å². The molecule has 1 amide bonds. The maximum atomic E-state index is 13.3. The highest BCUT2D eigenvalue weighted by atomic mass is 35.5. The molecule has 0 aliphatic carbocycles. The minimum Gasteiger partial charge on any atom is -0.378 e. The first-order valence-corrected chi connectivity index (χ1v) is 10.7. The van der Waals surface area contributed by atoms with Crippen LogP contribution in [0, 0.1) is 13.8 Å². The molecule has 0 radical (unpaired) electrons. The van der Waals surface area contributed by atoms with Gasteiger partial charge < -0.3 is 9.64 Å². The molecule has 0 atom stereocenters. The molecule has 8 nitrogen and oxygen atoms in total. The summed E-state index contributed by atoms with van der Waals surface area (Å²) in [7, 11) is 0. The van der Waals surface area contributed by atoms with Gasteiger partial charge in [0.05, 0.1) is 25.4 Å². The molecule has 1 saturated heterocycles. The van der Waals surface area contributed by atoms with E-state index < -0.39 is 17.2 Å². The van der Waals surface area contributed by atoms with E-state index in [0.717, 1.165) is 25.9 Å². The summed E-state index contributed by atoms with van der Waals surface area (Å²) < 4.78 is 7.41. The van der Waals surface area contributed by atoms with E-state index in [2.05, 4.69) is 5.10 Å². The van der Waals surface area contributed by atoms with E-state index >= 15 is 0 Å². The van der Waals surface area contributed by atoms with Crippen molar-refractivity contribution >= 4 is 17.5 Å². The van der Waals surface area contributed by atoms with Crippen LogP contribution in [0.25, 0.3) is 5.69 Å². The molecule has 1 fully saturated rings. The third kappa shape index (κ3) is 4.37. The molecule has 2 heterocycles. The van der Waals surface area contributed by atoms with Crippen LogP contribution in [0.2, 0.25) is 5.02 Å². The Bertz CT molecular complexity index is 1290. The van der Waals surface area contributed by atoms with Crippen LogP contribution in [0.15, 0.2) is 52.1 Å². The maximum Gasteiger partial charge on any atom is 0.352 e. The molecule has 1 aromatic heterocycles. The molecule has 166 valence electrons. The Labute approximate surface area is 189 Å². The van der Waals surface area contributed by atoms with Crippen LogP contribution in [-0.2, 0) is 11.3 Å². The normalized spacial score (nSPS) is 13.9. The van der Waals surface area contributed by atoms with Crippen molar-refractivity contribution < 1.29 is 9.53 Å². The van der Waals surface area contributed by atoms with Gasteiger partial charge in [-0.05, 0) is 37.1 Å². The number of morpholine rings is 1. The number of nitrogens with zero attached hydrogens (tertiary/aromatic N) is 4. The fourth-order valence-electron chi connectivity index (χ4n) is 3.58. The summed E-state index contributed by atoms with van der Waals surface area (Å²) in [5, 5.41) is 4.64. The maximum absolute atomic E-state index is 13.3. The molecule has 32 heavy (non-hydrogen) atoms. The quantitative estimate of drug-likeness (QED) is 0.603. The lowest BCUT2D eigenvalue weighted by Gasteiger charge is -2.26. The van der Waals surface area contributed by atoms with Crippen molar-refractivity contribution in [3.05, 3.63) is 90.7 Å². The van der Waals surface area contributed by atoms with Crippen LogP contribution in [-0.4, -0.2) is 51.5 Å². The average molecular weight is 455 g/mol. The highest BCUT2D eigenvalue weighted by Crippen LogP contribution is 2.18. The number of hydrogen-bond acceptors (Lipinski definition) is 5. The van der Waals surface area contributed by atoms with E-state index in [1.54, 1.807) is 18.2 Å². The third-order valence-corrected chi connectivity index (χ3v) is 5.79. The lowest BCUT2D eigenvalue weighted by atomic mass is 10.1. The number of ether oxygens (including phenoxy) is 1. The van der Waals surface area contributed by atoms with Crippen molar-refractivity contribution in [2.24, 2.45) is 0 Å². The lowest BCUT2D eigenvalue weighted by molar-refractivity contribution is 0.0295. The molecular formula is C23H23ClN4O4. The van der Waals surface area contributed by atoms with Gasteiger partial charge in [-0.25, -0.2) is 4.79 Å². The van der Waals surface area contributed by atoms with Gasteiger partial charge in [-0.3, -0.25) is 14.2 Å². The fourth-order valence-corrected chi connectivity index (χ4v) is 3.75. The molecule has 0 N–H and O–H groups in total. The van der Waals surface area contributed by atoms with Crippen molar-refractivity contribution in [1.82, 2.24) is 19.2 Å². The SMILES string of the molecule is Cc1cccc(Cn2c(=O)c(C(=O)N3CCOCC3)nn(-c3ccc(C)c(Cl)c3)c2=O)c1. The zero-order valence-electron chi connectivity index (χ0n) is 17.9. The first kappa shape index (κ1) is 22.0. The predicted octanol–water partition coefficient (Wildman–Crippen LogP) is 2.19. The molecular weight excluding hydrogens is 432 g/mol. The fraction of sp³-hybridized carbons (Fsp3) is 0.304. The Hall–Kier alpha value is -3.23. The second-order valence-electron chi connectivity index (χ2n) is 7.76. The molecule has 2 aromatic carbocycles. The van der Waals surface area contributed by atoms with Gasteiger partial charge >= 0.3 is 5.69 Å². The number of carbonyl (C=O) groups excluding carboxylic acids is 1. The molecule has 9 heteroatoms. The molecule has 0 unspecified atom stereocenters. The Kier molecular flexibility index (Phi) is 6.25. The van der Waals surface area contributed by atoms with E-state index in [1.165, 1.54) is 4.90 Å². The summed E-state index contributed by atoms with van der Waals surface area (Å²) in [6.45, 7) is 5.27. The number of rotatable bonds is 4. The van der Waals surface area contributed by atoms with E-state index in [1.807, 2.05) is 38.1 Å². The Balaban J connectivity index is 1.89. The van der Waals surface area contributed by atoms with E-state index in [4.69, 9.17) is 16.3 Å². The zero-order valence-corrected chi connectivity index (χ0v) is 18.6. The summed E-state index contributed by atoms with van der Waals surface area (Å²) in [4.78, 5) is 41.2. The zero-order chi connectivity index (χ0) is 22.8. The number of carbonyl (C=O) groups is 1. The molecule has 1 aliphatic heterocycles. The second kappa shape index (κ2) is 9.10. The summed E-state index contributed by atoms with van der Waals surface area (Å²) in [6, 6.07) is 12.5. The van der Waals surface area contributed by atoms with Crippen LogP contribution in [0.3, 0.4) is 0 Å². The van der Waals surface area contributed by atoms with E-state index in [9.17, 15) is 14.4 Å². The molecule has 0 bridgehead atoms. The smallest absolute Gasteiger partial charge is 0.352 e. The van der Waals surface area contributed by atoms with Gasteiger partial charge in [0.1, 0.15) is 0 Å². The van der Waals surface area contributed by atoms with Crippen LogP contribution < -0.4 is 11.2 Å². The van der Waals surface area contributed by atoms with Gasteiger partial charge in [0.15, 0.2) is 0 Å². The van der Waals surface area contributed by atoms with Crippen molar-refractivity contribution in [3.63, 3.8) is 0 Å². The number of aryl methyl sites for hydroxylation is 2. The summed E-state index contributed by atoms with van der Waals surface area (Å²) in [6.07, 6.45) is 0. The molecule has 4 rings (SSSR count). The van der Waals surface area contributed by atoms with Gasteiger partial charge in [0.25, 0.3) is 11.5 Å². The van der Waals surface area contributed by atoms with Gasteiger partial charge in [0, 0.05) is 18.1 Å². The minimum atomic E-state index is -0.720. The summed E-state index contributed by atoms with van der Waals surface area (Å²) in [5.41, 5.74) is 1.31. The molecule has 0 saturated carbocycles. The van der Waals surface area contributed by atoms with E-state index in [-0.39, 0.29) is 12.2 Å². The molecule has 3 aromatic rings. The number of benzene rings is 2. The Morgan fingerprint density at radius 3 is 2.53 bits per heavy atom. The largest absolute Gasteiger partial charge is 0.378 e. The van der Waals surface area contributed by atoms with Crippen LogP contribution in [0.5, 0.6) is 0 Å². The standard InChI is InChI=1S/C23H23ClN4O4/c1-15-4-3-5-17(12-15)14-27-22(30)20(21(29)26-8-10-32-11-9-26)25-28(23(27)31)18-7-6-16(2)19(24)13-18/h3-7,12-13H,8-11,14H2,1-2H3. The lowest BCUT2D eigenvalue weighted by Crippen LogP contribution is -2.48. The summed E-state index contributed by atoms with van der Waals surface area (Å²) >= 11 is 6.26. The molecule has 0 spiro atoms. The monoisotopic (exact) mass is 454 g/mol. The third-order valence-electron chi connectivity index (χ3n) is 5.38. The van der Waals surface area contributed by atoms with Crippen molar-refractivity contribution in [2.45, 2.75) is 20.4 Å². The number of halogens is 1. The minimum absolute atomic E-state index is 0.0187. The van der Waals surface area contributed by atoms with Gasteiger partial charge in [-0.1, -0.05) is 47.5 Å². The first-order valence-electron chi connectivity index (χ1n) is 10.3.